The van der Waals surface area contributed by atoms with Crippen LogP contribution in [-0.2, 0) is 9.59 Å². The lowest BCUT2D eigenvalue weighted by Crippen LogP contribution is -2.58. The molecule has 8 heteroatoms. The highest BCUT2D eigenvalue weighted by Gasteiger charge is 2.34. The van der Waals surface area contributed by atoms with Gasteiger partial charge in [0.2, 0.25) is 11.8 Å². The molecule has 1 fully saturated rings. The van der Waals surface area contributed by atoms with Crippen molar-refractivity contribution in [3.63, 3.8) is 0 Å². The van der Waals surface area contributed by atoms with E-state index in [1.54, 1.807) is 13.0 Å². The first-order chi connectivity index (χ1) is 8.40. The molecule has 18 heavy (non-hydrogen) atoms. The highest BCUT2D eigenvalue weighted by atomic mass is 79.9. The maximum Gasteiger partial charge on any atom is 0.265 e. The average Bonchev–Trinajstić information content (AvgIpc) is 2.63. The van der Waals surface area contributed by atoms with Crippen LogP contribution >= 0.6 is 43.2 Å². The summed E-state index contributed by atoms with van der Waals surface area (Å²) < 4.78 is 1.57. The molecule has 0 saturated carbocycles. The lowest BCUT2D eigenvalue weighted by Gasteiger charge is -2.31. The number of hydrogen-bond acceptors (Lipinski definition) is 4. The number of halogens is 2. The van der Waals surface area contributed by atoms with Crippen LogP contribution in [0.25, 0.3) is 0 Å². The number of hydrogen-bond donors (Lipinski definition) is 1. The van der Waals surface area contributed by atoms with Crippen LogP contribution in [-0.4, -0.2) is 35.2 Å². The van der Waals surface area contributed by atoms with E-state index in [2.05, 4.69) is 37.2 Å². The molecule has 0 aromatic carbocycles. The number of carbonyl (C=O) groups excluding carboxylic acids is 3. The minimum absolute atomic E-state index is 0.0983. The number of imide groups is 1. The Kier molecular flexibility index (Phi) is 3.88. The first-order valence-electron chi connectivity index (χ1n) is 4.99. The van der Waals surface area contributed by atoms with Gasteiger partial charge < -0.3 is 4.90 Å². The summed E-state index contributed by atoms with van der Waals surface area (Å²) in [7, 11) is 0. The summed E-state index contributed by atoms with van der Waals surface area (Å²) in [6, 6.07) is 1.02. The predicted molar refractivity (Wildman–Crippen MR) is 73.4 cm³/mol. The van der Waals surface area contributed by atoms with E-state index in [0.717, 1.165) is 8.26 Å². The fourth-order valence-corrected chi connectivity index (χ4v) is 3.55. The van der Waals surface area contributed by atoms with Crippen molar-refractivity contribution in [1.29, 1.82) is 0 Å². The molecule has 2 rings (SSSR count). The molecule has 1 atom stereocenters. The Bertz CT molecular complexity index is 524. The first-order valence-corrected chi connectivity index (χ1v) is 7.40. The lowest BCUT2D eigenvalue weighted by molar-refractivity contribution is -0.138. The number of rotatable bonds is 1. The zero-order valence-electron chi connectivity index (χ0n) is 9.20. The summed E-state index contributed by atoms with van der Waals surface area (Å²) >= 11 is 7.85. The predicted octanol–water partition coefficient (Wildman–Crippen LogP) is 1.76. The van der Waals surface area contributed by atoms with Crippen LogP contribution in [0.3, 0.4) is 0 Å². The normalized spacial score (nSPS) is 19.9. The second kappa shape index (κ2) is 5.10. The Hall–Kier alpha value is -0.730. The molecule has 1 aromatic rings. The van der Waals surface area contributed by atoms with Crippen molar-refractivity contribution in [2.75, 3.05) is 6.54 Å². The summed E-state index contributed by atoms with van der Waals surface area (Å²) in [6.45, 7) is 1.50. The third kappa shape index (κ3) is 2.50. The van der Waals surface area contributed by atoms with Crippen molar-refractivity contribution in [2.45, 2.75) is 13.0 Å². The minimum atomic E-state index is -0.644. The van der Waals surface area contributed by atoms with Crippen LogP contribution in [0.2, 0.25) is 0 Å². The first kappa shape index (κ1) is 13.7. The van der Waals surface area contributed by atoms with Crippen LogP contribution in [0, 0.1) is 0 Å². The van der Waals surface area contributed by atoms with Crippen molar-refractivity contribution in [1.82, 2.24) is 10.2 Å². The van der Waals surface area contributed by atoms with Crippen LogP contribution in [0.1, 0.15) is 16.6 Å². The molecule has 96 valence electrons. The number of nitrogens with zero attached hydrogens (tertiary/aromatic N) is 1. The zero-order valence-corrected chi connectivity index (χ0v) is 13.2. The van der Waals surface area contributed by atoms with Crippen LogP contribution < -0.4 is 5.32 Å². The van der Waals surface area contributed by atoms with Crippen molar-refractivity contribution in [3.05, 3.63) is 19.2 Å². The summed E-state index contributed by atoms with van der Waals surface area (Å²) in [5.74, 6) is -1.22. The summed E-state index contributed by atoms with van der Waals surface area (Å²) in [6.07, 6.45) is 0. The van der Waals surface area contributed by atoms with Gasteiger partial charge in [-0.1, -0.05) is 0 Å². The van der Waals surface area contributed by atoms with Crippen LogP contribution in [0.5, 0.6) is 0 Å². The number of thiophene rings is 1. The van der Waals surface area contributed by atoms with E-state index >= 15 is 0 Å². The molecule has 1 saturated heterocycles. The van der Waals surface area contributed by atoms with E-state index < -0.39 is 17.9 Å². The van der Waals surface area contributed by atoms with Gasteiger partial charge in [-0.05, 0) is 44.8 Å². The van der Waals surface area contributed by atoms with Gasteiger partial charge in [0, 0.05) is 4.47 Å². The number of amides is 3. The maximum atomic E-state index is 12.2. The molecule has 0 aliphatic carbocycles. The van der Waals surface area contributed by atoms with Crippen molar-refractivity contribution >= 4 is 60.9 Å². The Balaban J connectivity index is 2.27. The molecule has 1 aliphatic heterocycles. The standard InChI is InChI=1S/C10H8Br2N2O3S/c1-4-9(16)13-7(15)3-14(4)10(17)6-2-5(11)8(12)18-6/h2,4H,3H2,1H3,(H,13,15,16). The van der Waals surface area contributed by atoms with Crippen LogP contribution in [0.4, 0.5) is 0 Å². The van der Waals surface area contributed by atoms with E-state index in [4.69, 9.17) is 0 Å². The van der Waals surface area contributed by atoms with Crippen molar-refractivity contribution in [2.24, 2.45) is 0 Å². The number of piperazine rings is 1. The largest absolute Gasteiger partial charge is 0.317 e. The Morgan fingerprint density at radius 3 is 2.72 bits per heavy atom. The quantitative estimate of drug-likeness (QED) is 0.736. The topological polar surface area (TPSA) is 66.5 Å². The SMILES string of the molecule is CC1C(=O)NC(=O)CN1C(=O)c1cc(Br)c(Br)s1. The summed E-state index contributed by atoms with van der Waals surface area (Å²) in [5.41, 5.74) is 0. The second-order valence-corrected chi connectivity index (χ2v) is 6.98. The summed E-state index contributed by atoms with van der Waals surface area (Å²) in [5, 5.41) is 2.20. The molecule has 2 heterocycles. The molecule has 1 aliphatic rings. The van der Waals surface area contributed by atoms with Crippen LogP contribution in [0.15, 0.2) is 14.3 Å². The third-order valence-corrected chi connectivity index (χ3v) is 5.78. The van der Waals surface area contributed by atoms with Gasteiger partial charge in [-0.25, -0.2) is 0 Å². The van der Waals surface area contributed by atoms with Gasteiger partial charge in [0.1, 0.15) is 12.6 Å². The van der Waals surface area contributed by atoms with Gasteiger partial charge >= 0.3 is 0 Å². The second-order valence-electron chi connectivity index (χ2n) is 3.75. The van der Waals surface area contributed by atoms with Gasteiger partial charge in [0.15, 0.2) is 0 Å². The Morgan fingerprint density at radius 1 is 1.50 bits per heavy atom. The van der Waals surface area contributed by atoms with Crippen molar-refractivity contribution < 1.29 is 14.4 Å². The Labute approximate surface area is 124 Å². The van der Waals surface area contributed by atoms with E-state index in [1.807, 2.05) is 0 Å². The molecule has 0 radical (unpaired) electrons. The lowest BCUT2D eigenvalue weighted by atomic mass is 10.2. The van der Waals surface area contributed by atoms with Gasteiger partial charge in [-0.3, -0.25) is 19.7 Å². The Morgan fingerprint density at radius 2 is 2.17 bits per heavy atom. The van der Waals surface area contributed by atoms with Crippen molar-refractivity contribution in [3.8, 4) is 0 Å². The molecular formula is C10H8Br2N2O3S. The minimum Gasteiger partial charge on any atom is -0.317 e. The molecular weight excluding hydrogens is 388 g/mol. The molecule has 0 spiro atoms. The van der Waals surface area contributed by atoms with E-state index in [-0.39, 0.29) is 12.5 Å². The highest BCUT2D eigenvalue weighted by Crippen LogP contribution is 2.33. The fourth-order valence-electron chi connectivity index (χ4n) is 1.56. The molecule has 1 aromatic heterocycles. The molecule has 1 N–H and O–H groups in total. The molecule has 5 nitrogen and oxygen atoms in total. The molecule has 1 unspecified atom stereocenters. The van der Waals surface area contributed by atoms with Gasteiger partial charge in [-0.15, -0.1) is 11.3 Å². The van der Waals surface area contributed by atoms with E-state index in [9.17, 15) is 14.4 Å². The van der Waals surface area contributed by atoms with Gasteiger partial charge in [0.05, 0.1) is 8.66 Å². The average molecular weight is 396 g/mol. The van der Waals surface area contributed by atoms with Gasteiger partial charge in [0.25, 0.3) is 5.91 Å². The summed E-state index contributed by atoms with van der Waals surface area (Å²) in [4.78, 5) is 36.8. The highest BCUT2D eigenvalue weighted by molar-refractivity contribution is 9.13. The molecule has 0 bridgehead atoms. The number of carbonyl (C=O) groups is 3. The van der Waals surface area contributed by atoms with Gasteiger partial charge in [-0.2, -0.15) is 0 Å². The zero-order chi connectivity index (χ0) is 13.4. The maximum absolute atomic E-state index is 12.2. The third-order valence-electron chi connectivity index (χ3n) is 2.54. The van der Waals surface area contributed by atoms with E-state index in [0.29, 0.717) is 4.88 Å². The monoisotopic (exact) mass is 394 g/mol. The smallest absolute Gasteiger partial charge is 0.265 e. The van der Waals surface area contributed by atoms with E-state index in [1.165, 1.54) is 16.2 Å². The molecule has 3 amide bonds. The number of nitrogens with one attached hydrogen (secondary N) is 1. The fraction of sp³-hybridized carbons (Fsp3) is 0.300.